The summed E-state index contributed by atoms with van der Waals surface area (Å²) in [5.41, 5.74) is 1.80. The Hall–Kier alpha value is -2.32. The van der Waals surface area contributed by atoms with Crippen molar-refractivity contribution in [2.24, 2.45) is 11.8 Å². The van der Waals surface area contributed by atoms with Crippen LogP contribution in [0.5, 0.6) is 0 Å². The van der Waals surface area contributed by atoms with Crippen LogP contribution in [0.25, 0.3) is 10.2 Å². The van der Waals surface area contributed by atoms with Crippen LogP contribution in [0.3, 0.4) is 0 Å². The fraction of sp³-hybridized carbons (Fsp3) is 0.400. The lowest BCUT2D eigenvalue weighted by Crippen LogP contribution is -2.34. The second-order valence-electron chi connectivity index (χ2n) is 7.31. The molecule has 146 valence electrons. The third-order valence-electron chi connectivity index (χ3n) is 5.44. The fourth-order valence-corrected chi connectivity index (χ4v) is 4.90. The smallest absolute Gasteiger partial charge is 0.272 e. The van der Waals surface area contributed by atoms with Crippen molar-refractivity contribution < 1.29 is 4.79 Å². The number of thiophene rings is 1. The van der Waals surface area contributed by atoms with Crippen molar-refractivity contribution in [3.05, 3.63) is 56.7 Å². The number of fused-ring (bicyclic) bond motifs is 1. The summed E-state index contributed by atoms with van der Waals surface area (Å²) >= 11 is 6.83. The molecule has 1 aliphatic rings. The van der Waals surface area contributed by atoms with Gasteiger partial charge in [0.05, 0.1) is 5.52 Å². The van der Waals surface area contributed by atoms with Gasteiger partial charge in [-0.1, -0.05) is 6.07 Å². The molecule has 0 bridgehead atoms. The van der Waals surface area contributed by atoms with Crippen molar-refractivity contribution in [1.82, 2.24) is 19.9 Å². The first kappa shape index (κ1) is 19.0. The summed E-state index contributed by atoms with van der Waals surface area (Å²) in [7, 11) is 0. The highest BCUT2D eigenvalue weighted by atomic mass is 32.1. The SMILES string of the molecule is O=C(NCc1cccnc1)C1CCC(Cn2c(=S)[nH]c3ccsc3c2=O)CC1. The molecule has 3 aromatic rings. The van der Waals surface area contributed by atoms with Crippen LogP contribution in [-0.2, 0) is 17.9 Å². The average Bonchev–Trinajstić information content (AvgIpc) is 3.19. The Labute approximate surface area is 171 Å². The van der Waals surface area contributed by atoms with Crippen molar-refractivity contribution in [3.63, 3.8) is 0 Å². The second-order valence-corrected chi connectivity index (χ2v) is 8.61. The Balaban J connectivity index is 1.34. The largest absolute Gasteiger partial charge is 0.352 e. The molecule has 0 aromatic carbocycles. The maximum Gasteiger partial charge on any atom is 0.272 e. The minimum atomic E-state index is -0.00918. The van der Waals surface area contributed by atoms with Gasteiger partial charge >= 0.3 is 0 Å². The Morgan fingerprint density at radius 1 is 1.32 bits per heavy atom. The zero-order valence-corrected chi connectivity index (χ0v) is 17.0. The minimum absolute atomic E-state index is 0.00918. The van der Waals surface area contributed by atoms with Crippen LogP contribution in [-0.4, -0.2) is 20.4 Å². The molecule has 28 heavy (non-hydrogen) atoms. The number of aromatic nitrogens is 3. The number of nitrogens with one attached hydrogen (secondary N) is 2. The molecule has 8 heteroatoms. The first-order chi connectivity index (χ1) is 13.6. The predicted octanol–water partition coefficient (Wildman–Crippen LogP) is 3.64. The van der Waals surface area contributed by atoms with E-state index in [1.54, 1.807) is 17.0 Å². The van der Waals surface area contributed by atoms with Gasteiger partial charge in [-0.25, -0.2) is 0 Å². The van der Waals surface area contributed by atoms with Crippen molar-refractivity contribution in [3.8, 4) is 0 Å². The molecule has 0 radical (unpaired) electrons. The highest BCUT2D eigenvalue weighted by Crippen LogP contribution is 2.30. The van der Waals surface area contributed by atoms with E-state index in [2.05, 4.69) is 15.3 Å². The molecule has 0 spiro atoms. The molecular weight excluding hydrogens is 392 g/mol. The van der Waals surface area contributed by atoms with Gasteiger partial charge in [-0.3, -0.25) is 19.1 Å². The Morgan fingerprint density at radius 3 is 2.89 bits per heavy atom. The first-order valence-corrected chi connectivity index (χ1v) is 10.8. The van der Waals surface area contributed by atoms with E-state index in [0.717, 1.165) is 41.5 Å². The lowest BCUT2D eigenvalue weighted by atomic mass is 9.81. The number of hydrogen-bond donors (Lipinski definition) is 2. The topological polar surface area (TPSA) is 79.8 Å². The number of hydrogen-bond acceptors (Lipinski definition) is 5. The normalized spacial score (nSPS) is 19.6. The summed E-state index contributed by atoms with van der Waals surface area (Å²) in [6.07, 6.45) is 7.03. The van der Waals surface area contributed by atoms with Gasteiger partial charge in [-0.05, 0) is 66.9 Å². The van der Waals surface area contributed by atoms with Gasteiger partial charge < -0.3 is 10.3 Å². The molecule has 1 saturated carbocycles. The van der Waals surface area contributed by atoms with Crippen LogP contribution in [0.4, 0.5) is 0 Å². The number of carbonyl (C=O) groups is 1. The number of aromatic amines is 1. The molecule has 4 rings (SSSR count). The van der Waals surface area contributed by atoms with Crippen LogP contribution in [0.2, 0.25) is 0 Å². The quantitative estimate of drug-likeness (QED) is 0.625. The maximum atomic E-state index is 12.7. The first-order valence-electron chi connectivity index (χ1n) is 9.49. The summed E-state index contributed by atoms with van der Waals surface area (Å²) in [6.45, 7) is 1.13. The molecule has 2 N–H and O–H groups in total. The average molecular weight is 415 g/mol. The summed E-state index contributed by atoms with van der Waals surface area (Å²) in [5, 5.41) is 4.91. The van der Waals surface area contributed by atoms with Crippen LogP contribution in [0, 0.1) is 16.6 Å². The van der Waals surface area contributed by atoms with Crippen LogP contribution < -0.4 is 10.9 Å². The van der Waals surface area contributed by atoms with E-state index in [1.165, 1.54) is 11.3 Å². The maximum absolute atomic E-state index is 12.7. The van der Waals surface area contributed by atoms with Crippen LogP contribution in [0.15, 0.2) is 40.8 Å². The van der Waals surface area contributed by atoms with Crippen LogP contribution >= 0.6 is 23.6 Å². The van der Waals surface area contributed by atoms with E-state index in [4.69, 9.17) is 12.2 Å². The summed E-state index contributed by atoms with van der Waals surface area (Å²) in [5.74, 6) is 0.517. The van der Waals surface area contributed by atoms with Gasteiger partial charge in [-0.15, -0.1) is 11.3 Å². The third-order valence-corrected chi connectivity index (χ3v) is 6.66. The molecule has 0 atom stereocenters. The Bertz CT molecular complexity index is 1080. The van der Waals surface area contributed by atoms with Crippen molar-refractivity contribution in [2.45, 2.75) is 38.8 Å². The van der Waals surface area contributed by atoms with Gasteiger partial charge in [0.15, 0.2) is 4.77 Å². The van der Waals surface area contributed by atoms with Gasteiger partial charge in [0.2, 0.25) is 5.91 Å². The van der Waals surface area contributed by atoms with E-state index in [0.29, 0.717) is 23.8 Å². The van der Waals surface area contributed by atoms with E-state index >= 15 is 0 Å². The highest BCUT2D eigenvalue weighted by molar-refractivity contribution is 7.71. The van der Waals surface area contributed by atoms with Crippen LogP contribution in [0.1, 0.15) is 31.2 Å². The van der Waals surface area contributed by atoms with Gasteiger partial charge in [0.1, 0.15) is 4.70 Å². The zero-order chi connectivity index (χ0) is 19.5. The number of pyridine rings is 1. The highest BCUT2D eigenvalue weighted by Gasteiger charge is 2.27. The second kappa shape index (κ2) is 8.36. The van der Waals surface area contributed by atoms with E-state index in [-0.39, 0.29) is 17.4 Å². The molecule has 0 aliphatic heterocycles. The summed E-state index contributed by atoms with van der Waals surface area (Å²) in [4.78, 5) is 32.4. The number of carbonyl (C=O) groups excluding carboxylic acids is 1. The molecule has 0 saturated heterocycles. The van der Waals surface area contributed by atoms with Gasteiger partial charge in [-0.2, -0.15) is 0 Å². The van der Waals surface area contributed by atoms with Gasteiger partial charge in [0, 0.05) is 31.4 Å². The Kier molecular flexibility index (Phi) is 5.68. The predicted molar refractivity (Wildman–Crippen MR) is 113 cm³/mol. The summed E-state index contributed by atoms with van der Waals surface area (Å²) in [6, 6.07) is 5.71. The number of H-pyrrole nitrogens is 1. The van der Waals surface area contributed by atoms with E-state index < -0.39 is 0 Å². The molecular formula is C20H22N4O2S2. The minimum Gasteiger partial charge on any atom is -0.352 e. The monoisotopic (exact) mass is 414 g/mol. The van der Waals surface area contributed by atoms with Crippen molar-refractivity contribution in [2.75, 3.05) is 0 Å². The van der Waals surface area contributed by atoms with Crippen molar-refractivity contribution in [1.29, 1.82) is 0 Å². The molecule has 1 amide bonds. The molecule has 0 unspecified atom stereocenters. The number of rotatable bonds is 5. The third kappa shape index (κ3) is 4.07. The fourth-order valence-electron chi connectivity index (χ4n) is 3.84. The van der Waals surface area contributed by atoms with E-state index in [9.17, 15) is 9.59 Å². The molecule has 1 fully saturated rings. The number of nitrogens with zero attached hydrogens (tertiary/aromatic N) is 2. The molecule has 1 aliphatic carbocycles. The lowest BCUT2D eigenvalue weighted by Gasteiger charge is -2.28. The molecule has 3 heterocycles. The number of amides is 1. The summed E-state index contributed by atoms with van der Waals surface area (Å²) < 4.78 is 2.88. The zero-order valence-electron chi connectivity index (χ0n) is 15.4. The lowest BCUT2D eigenvalue weighted by molar-refractivity contribution is -0.126. The standard InChI is InChI=1S/C20H22N4O2S2/c25-18(22-11-14-2-1-8-21-10-14)15-5-3-13(4-6-15)12-24-19(26)17-16(7-9-28-17)23-20(24)27/h1-2,7-10,13,15H,3-6,11-12H2,(H,22,25)(H,23,27). The Morgan fingerprint density at radius 2 is 2.14 bits per heavy atom. The van der Waals surface area contributed by atoms with Crippen molar-refractivity contribution >= 4 is 39.7 Å². The van der Waals surface area contributed by atoms with Gasteiger partial charge in [0.25, 0.3) is 5.56 Å². The molecule has 3 aromatic heterocycles. The molecule has 6 nitrogen and oxygen atoms in total. The van der Waals surface area contributed by atoms with E-state index in [1.807, 2.05) is 23.6 Å².